The number of fused-ring (bicyclic) bond motifs is 1. The molecule has 1 aromatic carbocycles. The SMILES string of the molecule is Cc1cc(N)c2c(O[C@H]3CC[C@H](NC(=O)CO[C@H]4CC[C@H](C)CC4)CC3)cccc2n1. The number of nitrogens with two attached hydrogens (primary N) is 1. The number of aryl methyl sites for hydroxylation is 1. The zero-order chi connectivity index (χ0) is 21.8. The number of hydrogen-bond donors (Lipinski definition) is 2. The summed E-state index contributed by atoms with van der Waals surface area (Å²) >= 11 is 0. The minimum Gasteiger partial charge on any atom is -0.490 e. The Morgan fingerprint density at radius 1 is 1.10 bits per heavy atom. The number of anilines is 1. The smallest absolute Gasteiger partial charge is 0.246 e. The Hall–Kier alpha value is -2.34. The maximum atomic E-state index is 12.3. The van der Waals surface area contributed by atoms with Crippen molar-refractivity contribution in [2.45, 2.75) is 83.5 Å². The summed E-state index contributed by atoms with van der Waals surface area (Å²) < 4.78 is 12.2. The Labute approximate surface area is 184 Å². The van der Waals surface area contributed by atoms with E-state index in [9.17, 15) is 4.79 Å². The largest absolute Gasteiger partial charge is 0.490 e. The van der Waals surface area contributed by atoms with Crippen LogP contribution in [0.15, 0.2) is 24.3 Å². The van der Waals surface area contributed by atoms with Gasteiger partial charge in [-0.2, -0.15) is 0 Å². The van der Waals surface area contributed by atoms with Crippen LogP contribution in [0.5, 0.6) is 5.75 Å². The highest BCUT2D eigenvalue weighted by atomic mass is 16.5. The molecule has 1 aromatic heterocycles. The third-order valence-corrected chi connectivity index (χ3v) is 6.70. The van der Waals surface area contributed by atoms with Crippen molar-refractivity contribution >= 4 is 22.5 Å². The van der Waals surface area contributed by atoms with Gasteiger partial charge in [-0.1, -0.05) is 13.0 Å². The molecule has 0 spiro atoms. The van der Waals surface area contributed by atoms with Crippen molar-refractivity contribution in [1.82, 2.24) is 10.3 Å². The number of nitrogens with one attached hydrogen (secondary N) is 1. The van der Waals surface area contributed by atoms with E-state index in [2.05, 4.69) is 17.2 Å². The zero-order valence-electron chi connectivity index (χ0n) is 18.7. The number of hydrogen-bond acceptors (Lipinski definition) is 5. The second-order valence-corrected chi connectivity index (χ2v) is 9.36. The summed E-state index contributed by atoms with van der Waals surface area (Å²) in [5.41, 5.74) is 8.72. The maximum Gasteiger partial charge on any atom is 0.246 e. The molecule has 0 saturated heterocycles. The van der Waals surface area contributed by atoms with Crippen LogP contribution in [0.4, 0.5) is 5.69 Å². The Morgan fingerprint density at radius 2 is 1.81 bits per heavy atom. The number of carbonyl (C=O) groups is 1. The molecule has 2 saturated carbocycles. The van der Waals surface area contributed by atoms with E-state index >= 15 is 0 Å². The van der Waals surface area contributed by atoms with Crippen LogP contribution in [-0.2, 0) is 9.53 Å². The summed E-state index contributed by atoms with van der Waals surface area (Å²) in [7, 11) is 0. The minimum absolute atomic E-state index is 0.00580. The second-order valence-electron chi connectivity index (χ2n) is 9.36. The molecule has 2 aliphatic carbocycles. The fourth-order valence-corrected chi connectivity index (χ4v) is 4.88. The van der Waals surface area contributed by atoms with E-state index in [0.29, 0.717) is 5.69 Å². The zero-order valence-corrected chi connectivity index (χ0v) is 18.7. The molecule has 0 unspecified atom stereocenters. The molecule has 1 heterocycles. The number of rotatable bonds is 6. The predicted molar refractivity (Wildman–Crippen MR) is 123 cm³/mol. The van der Waals surface area contributed by atoms with Crippen molar-refractivity contribution in [3.05, 3.63) is 30.0 Å². The molecule has 0 aliphatic heterocycles. The molecule has 1 amide bonds. The lowest BCUT2D eigenvalue weighted by atomic mass is 9.89. The molecule has 31 heavy (non-hydrogen) atoms. The Balaban J connectivity index is 1.24. The van der Waals surface area contributed by atoms with Crippen molar-refractivity contribution in [2.24, 2.45) is 5.92 Å². The minimum atomic E-state index is 0.00580. The molecule has 2 fully saturated rings. The summed E-state index contributed by atoms with van der Waals surface area (Å²) in [6.07, 6.45) is 8.56. The van der Waals surface area contributed by atoms with E-state index in [4.69, 9.17) is 15.2 Å². The van der Waals surface area contributed by atoms with Gasteiger partial charge in [0.05, 0.1) is 23.1 Å². The van der Waals surface area contributed by atoms with Crippen molar-refractivity contribution in [3.63, 3.8) is 0 Å². The summed E-state index contributed by atoms with van der Waals surface area (Å²) in [6.45, 7) is 4.41. The molecular formula is C25H35N3O3. The van der Waals surface area contributed by atoms with Crippen molar-refractivity contribution in [3.8, 4) is 5.75 Å². The summed E-state index contributed by atoms with van der Waals surface area (Å²) in [4.78, 5) is 16.9. The van der Waals surface area contributed by atoms with Gasteiger partial charge in [0.25, 0.3) is 0 Å². The number of pyridine rings is 1. The van der Waals surface area contributed by atoms with Crippen LogP contribution in [0.3, 0.4) is 0 Å². The number of carbonyl (C=O) groups excluding carboxylic acids is 1. The van der Waals surface area contributed by atoms with Crippen molar-refractivity contribution in [2.75, 3.05) is 12.3 Å². The summed E-state index contributed by atoms with van der Waals surface area (Å²) in [5.74, 6) is 1.59. The number of aromatic nitrogens is 1. The monoisotopic (exact) mass is 425 g/mol. The number of nitrogens with zero attached hydrogens (tertiary/aromatic N) is 1. The maximum absolute atomic E-state index is 12.3. The van der Waals surface area contributed by atoms with Crippen LogP contribution in [0.1, 0.15) is 64.0 Å². The van der Waals surface area contributed by atoms with E-state index < -0.39 is 0 Å². The number of nitrogen functional groups attached to an aromatic ring is 1. The standard InChI is InChI=1S/C25H35N3O3/c1-16-6-10-19(11-7-16)30-15-24(29)28-18-8-12-20(13-9-18)31-23-5-3-4-22-25(23)21(26)14-17(2)27-22/h3-5,14,16,18-20H,6-13,15H2,1-2H3,(H2,26,27)(H,28,29)/t16-,18-,19-,20-. The first kappa shape index (κ1) is 21.9. The third kappa shape index (κ3) is 5.67. The summed E-state index contributed by atoms with van der Waals surface area (Å²) in [6, 6.07) is 7.98. The van der Waals surface area contributed by atoms with Gasteiger partial charge in [0.15, 0.2) is 0 Å². The van der Waals surface area contributed by atoms with E-state index in [1.54, 1.807) is 0 Å². The summed E-state index contributed by atoms with van der Waals surface area (Å²) in [5, 5.41) is 4.03. The number of benzene rings is 1. The van der Waals surface area contributed by atoms with Gasteiger partial charge >= 0.3 is 0 Å². The second kappa shape index (κ2) is 9.86. The van der Waals surface area contributed by atoms with Gasteiger partial charge in [-0.25, -0.2) is 0 Å². The van der Waals surface area contributed by atoms with Gasteiger partial charge in [-0.15, -0.1) is 0 Å². The number of amides is 1. The van der Waals surface area contributed by atoms with Gasteiger partial charge in [0, 0.05) is 17.4 Å². The van der Waals surface area contributed by atoms with E-state index in [1.165, 1.54) is 12.8 Å². The average Bonchev–Trinajstić information content (AvgIpc) is 2.74. The molecule has 3 N–H and O–H groups in total. The third-order valence-electron chi connectivity index (χ3n) is 6.70. The van der Waals surface area contributed by atoms with Crippen LogP contribution >= 0.6 is 0 Å². The van der Waals surface area contributed by atoms with Crippen molar-refractivity contribution < 1.29 is 14.3 Å². The molecule has 6 heteroatoms. The highest BCUT2D eigenvalue weighted by Gasteiger charge is 2.25. The van der Waals surface area contributed by atoms with Gasteiger partial charge in [-0.3, -0.25) is 9.78 Å². The fraction of sp³-hybridized carbons (Fsp3) is 0.600. The Morgan fingerprint density at radius 3 is 2.55 bits per heavy atom. The van der Waals surface area contributed by atoms with Crippen LogP contribution in [-0.4, -0.2) is 35.7 Å². The molecule has 4 rings (SSSR count). The van der Waals surface area contributed by atoms with Gasteiger partial charge < -0.3 is 20.5 Å². The molecule has 0 radical (unpaired) electrons. The van der Waals surface area contributed by atoms with E-state index in [0.717, 1.165) is 66.8 Å². The van der Waals surface area contributed by atoms with Crippen LogP contribution in [0.2, 0.25) is 0 Å². The van der Waals surface area contributed by atoms with Gasteiger partial charge in [-0.05, 0) is 82.4 Å². The first-order valence-corrected chi connectivity index (χ1v) is 11.7. The lowest BCUT2D eigenvalue weighted by molar-refractivity contribution is -0.129. The topological polar surface area (TPSA) is 86.5 Å². The van der Waals surface area contributed by atoms with E-state index in [1.807, 2.05) is 31.2 Å². The van der Waals surface area contributed by atoms with Crippen LogP contribution in [0.25, 0.3) is 10.9 Å². The first-order valence-electron chi connectivity index (χ1n) is 11.7. The first-order chi connectivity index (χ1) is 15.0. The molecule has 2 aromatic rings. The highest BCUT2D eigenvalue weighted by molar-refractivity contribution is 5.95. The molecule has 0 bridgehead atoms. The molecular weight excluding hydrogens is 390 g/mol. The predicted octanol–water partition coefficient (Wildman–Crippen LogP) is 4.53. The van der Waals surface area contributed by atoms with Crippen LogP contribution < -0.4 is 15.8 Å². The quantitative estimate of drug-likeness (QED) is 0.710. The lowest BCUT2D eigenvalue weighted by Crippen LogP contribution is -2.41. The Kier molecular flexibility index (Phi) is 6.96. The Bertz CT molecular complexity index is 900. The van der Waals surface area contributed by atoms with Gasteiger partial charge in [0.1, 0.15) is 12.4 Å². The normalized spacial score (nSPS) is 26.5. The average molecular weight is 426 g/mol. The highest BCUT2D eigenvalue weighted by Crippen LogP contribution is 2.33. The molecule has 0 atom stereocenters. The van der Waals surface area contributed by atoms with Crippen LogP contribution in [0, 0.1) is 12.8 Å². The fourth-order valence-electron chi connectivity index (χ4n) is 4.88. The van der Waals surface area contributed by atoms with Crippen molar-refractivity contribution in [1.29, 1.82) is 0 Å². The van der Waals surface area contributed by atoms with Gasteiger partial charge in [0.2, 0.25) is 5.91 Å². The van der Waals surface area contributed by atoms with E-state index in [-0.39, 0.29) is 30.8 Å². The number of ether oxygens (including phenoxy) is 2. The molecule has 168 valence electrons. The lowest BCUT2D eigenvalue weighted by Gasteiger charge is -2.30. The molecule has 6 nitrogen and oxygen atoms in total. The molecule has 2 aliphatic rings.